The summed E-state index contributed by atoms with van der Waals surface area (Å²) >= 11 is 0. The Morgan fingerprint density at radius 2 is 1.02 bits per heavy atom. The maximum atomic E-state index is 13.3. The molecule has 0 aromatic heterocycles. The van der Waals surface area contributed by atoms with Crippen molar-refractivity contribution in [3.8, 4) is 0 Å². The van der Waals surface area contributed by atoms with Crippen LogP contribution in [0.25, 0.3) is 0 Å². The summed E-state index contributed by atoms with van der Waals surface area (Å²) in [7, 11) is -3.77. The van der Waals surface area contributed by atoms with E-state index in [0.29, 0.717) is 4.90 Å². The molecule has 4 nitrogen and oxygen atoms in total. The SMILES string of the molecule is Cc1cc(C)c(C)c(C)c1C.Cc1cc(C)c(S(=O)(=O)N[C@@H](c2ccccc2)[C@@H](N)c2ccccc2)c(C)c1.[Ru]. The van der Waals surface area contributed by atoms with Crippen LogP contribution in [-0.2, 0) is 29.5 Å². The summed E-state index contributed by atoms with van der Waals surface area (Å²) in [5.41, 5.74) is 17.9. The first-order chi connectivity index (χ1) is 18.3. The average molecular weight is 644 g/mol. The minimum absolute atomic E-state index is 0. The van der Waals surface area contributed by atoms with E-state index in [-0.39, 0.29) is 19.5 Å². The molecule has 0 heterocycles. The minimum Gasteiger partial charge on any atom is -0.322 e. The largest absolute Gasteiger partial charge is 0.322 e. The standard InChI is InChI=1S/C23H26N2O2S.C11H16.Ru/c1-16-14-17(2)23(18(3)15-16)28(26,27)25-22(20-12-8-5-9-13-20)21(24)19-10-6-4-7-11-19;1-7-6-8(2)10(4)11(5)9(7)3;/h4-15,21-22,25H,24H2,1-3H3;6H,1-5H3;/t21-,22-;;/m0../s1. The number of sulfonamides is 1. The van der Waals surface area contributed by atoms with E-state index in [1.165, 1.54) is 27.8 Å². The molecule has 0 radical (unpaired) electrons. The number of nitrogens with one attached hydrogen (secondary N) is 1. The van der Waals surface area contributed by atoms with E-state index in [1.54, 1.807) is 0 Å². The fourth-order valence-electron chi connectivity index (χ4n) is 5.11. The molecule has 0 unspecified atom stereocenters. The normalized spacial score (nSPS) is 12.5. The predicted octanol–water partition coefficient (Wildman–Crippen LogP) is 7.56. The molecule has 0 saturated heterocycles. The van der Waals surface area contributed by atoms with Crippen LogP contribution in [0.1, 0.15) is 67.7 Å². The van der Waals surface area contributed by atoms with Gasteiger partial charge in [-0.1, -0.05) is 84.4 Å². The van der Waals surface area contributed by atoms with Gasteiger partial charge in [0, 0.05) is 19.5 Å². The van der Waals surface area contributed by atoms with Crippen molar-refractivity contribution in [1.82, 2.24) is 4.72 Å². The Hall–Kier alpha value is -2.63. The van der Waals surface area contributed by atoms with E-state index in [1.807, 2.05) is 93.6 Å². The van der Waals surface area contributed by atoms with E-state index < -0.39 is 22.1 Å². The molecule has 214 valence electrons. The van der Waals surface area contributed by atoms with Crippen LogP contribution in [0.2, 0.25) is 0 Å². The molecular weight excluding hydrogens is 602 g/mol. The molecule has 6 heteroatoms. The van der Waals surface area contributed by atoms with Gasteiger partial charge in [0.2, 0.25) is 10.0 Å². The third-order valence-electron chi connectivity index (χ3n) is 7.60. The molecule has 4 aromatic rings. The van der Waals surface area contributed by atoms with Gasteiger partial charge in [-0.25, -0.2) is 13.1 Å². The molecule has 0 fully saturated rings. The number of nitrogens with two attached hydrogens (primary N) is 1. The second-order valence-corrected chi connectivity index (χ2v) is 12.2. The van der Waals surface area contributed by atoms with Crippen LogP contribution in [0.15, 0.2) is 83.8 Å². The molecular formula is C34H42N2O2RuS. The molecule has 40 heavy (non-hydrogen) atoms. The van der Waals surface area contributed by atoms with Crippen molar-refractivity contribution in [2.75, 3.05) is 0 Å². The topological polar surface area (TPSA) is 72.2 Å². The Labute approximate surface area is 254 Å². The molecule has 0 spiro atoms. The molecule has 2 atom stereocenters. The second kappa shape index (κ2) is 14.3. The van der Waals surface area contributed by atoms with Crippen molar-refractivity contribution in [3.05, 3.63) is 134 Å². The molecule has 0 saturated carbocycles. The first-order valence-corrected chi connectivity index (χ1v) is 14.8. The second-order valence-electron chi connectivity index (χ2n) is 10.6. The van der Waals surface area contributed by atoms with Crippen LogP contribution >= 0.6 is 0 Å². The number of aryl methyl sites for hydroxylation is 5. The van der Waals surface area contributed by atoms with Crippen molar-refractivity contribution in [2.45, 2.75) is 72.4 Å². The van der Waals surface area contributed by atoms with Gasteiger partial charge in [0.05, 0.1) is 17.0 Å². The van der Waals surface area contributed by atoms with Gasteiger partial charge >= 0.3 is 0 Å². The Balaban J connectivity index is 0.000000394. The first-order valence-electron chi connectivity index (χ1n) is 13.3. The zero-order valence-electron chi connectivity index (χ0n) is 24.8. The number of hydrogen-bond donors (Lipinski definition) is 2. The third-order valence-corrected chi connectivity index (χ3v) is 9.34. The van der Waals surface area contributed by atoms with Gasteiger partial charge in [0.1, 0.15) is 0 Å². The van der Waals surface area contributed by atoms with Crippen LogP contribution in [0.5, 0.6) is 0 Å². The van der Waals surface area contributed by atoms with Crippen molar-refractivity contribution >= 4 is 10.0 Å². The fourth-order valence-corrected chi connectivity index (χ4v) is 6.81. The van der Waals surface area contributed by atoms with Crippen molar-refractivity contribution in [2.24, 2.45) is 5.73 Å². The summed E-state index contributed by atoms with van der Waals surface area (Å²) in [5.74, 6) is 0. The third kappa shape index (κ3) is 7.98. The van der Waals surface area contributed by atoms with Crippen molar-refractivity contribution in [1.29, 1.82) is 0 Å². The number of hydrogen-bond acceptors (Lipinski definition) is 3. The first kappa shape index (κ1) is 33.6. The van der Waals surface area contributed by atoms with Crippen LogP contribution in [0.4, 0.5) is 0 Å². The Morgan fingerprint density at radius 1 is 0.600 bits per heavy atom. The van der Waals surface area contributed by atoms with Crippen LogP contribution in [0.3, 0.4) is 0 Å². The zero-order valence-corrected chi connectivity index (χ0v) is 27.4. The molecule has 0 aliphatic rings. The number of benzene rings is 4. The quantitative estimate of drug-likeness (QED) is 0.213. The molecule has 0 bridgehead atoms. The van der Waals surface area contributed by atoms with E-state index >= 15 is 0 Å². The summed E-state index contributed by atoms with van der Waals surface area (Å²) < 4.78 is 29.5. The summed E-state index contributed by atoms with van der Waals surface area (Å²) in [6.45, 7) is 16.5. The predicted molar refractivity (Wildman–Crippen MR) is 164 cm³/mol. The van der Waals surface area contributed by atoms with Crippen molar-refractivity contribution < 1.29 is 27.9 Å². The zero-order chi connectivity index (χ0) is 28.9. The molecule has 4 aromatic carbocycles. The molecule has 4 rings (SSSR count). The number of rotatable bonds is 6. The monoisotopic (exact) mass is 644 g/mol. The Kier molecular flexibility index (Phi) is 12.0. The van der Waals surface area contributed by atoms with Crippen LogP contribution in [0, 0.1) is 55.4 Å². The van der Waals surface area contributed by atoms with Gasteiger partial charge < -0.3 is 5.73 Å². The van der Waals surface area contributed by atoms with Gasteiger partial charge in [-0.3, -0.25) is 0 Å². The summed E-state index contributed by atoms with van der Waals surface area (Å²) in [5, 5.41) is 0. The van der Waals surface area contributed by atoms with Gasteiger partial charge in [0.25, 0.3) is 0 Å². The van der Waals surface area contributed by atoms with Gasteiger partial charge in [0.15, 0.2) is 0 Å². The van der Waals surface area contributed by atoms with E-state index in [9.17, 15) is 8.42 Å². The Morgan fingerprint density at radius 3 is 1.48 bits per heavy atom. The molecule has 0 aliphatic carbocycles. The molecule has 0 amide bonds. The minimum atomic E-state index is -3.77. The summed E-state index contributed by atoms with van der Waals surface area (Å²) in [6.07, 6.45) is 0. The summed E-state index contributed by atoms with van der Waals surface area (Å²) in [6, 6.07) is 23.9. The maximum Gasteiger partial charge on any atom is 0.241 e. The maximum absolute atomic E-state index is 13.3. The van der Waals surface area contributed by atoms with Crippen LogP contribution < -0.4 is 10.5 Å². The Bertz CT molecular complexity index is 1490. The molecule has 3 N–H and O–H groups in total. The molecule has 0 aliphatic heterocycles. The fraction of sp³-hybridized carbons (Fsp3) is 0.294. The van der Waals surface area contributed by atoms with E-state index in [2.05, 4.69) is 45.4 Å². The summed E-state index contributed by atoms with van der Waals surface area (Å²) in [4.78, 5) is 0.319. The van der Waals surface area contributed by atoms with Gasteiger partial charge in [-0.15, -0.1) is 0 Å². The smallest absolute Gasteiger partial charge is 0.241 e. The van der Waals surface area contributed by atoms with E-state index in [0.717, 1.165) is 27.8 Å². The van der Waals surface area contributed by atoms with E-state index in [4.69, 9.17) is 5.73 Å². The van der Waals surface area contributed by atoms with Gasteiger partial charge in [-0.2, -0.15) is 0 Å². The van der Waals surface area contributed by atoms with Crippen LogP contribution in [-0.4, -0.2) is 8.42 Å². The van der Waals surface area contributed by atoms with Gasteiger partial charge in [-0.05, 0) is 105 Å². The van der Waals surface area contributed by atoms with Crippen molar-refractivity contribution in [3.63, 3.8) is 0 Å². The average Bonchev–Trinajstić information content (AvgIpc) is 2.89.